The van der Waals surface area contributed by atoms with Gasteiger partial charge in [0.25, 0.3) is 0 Å². The van der Waals surface area contributed by atoms with Gasteiger partial charge in [-0.2, -0.15) is 18.3 Å². The second kappa shape index (κ2) is 4.40. The topological polar surface area (TPSA) is 38.0 Å². The molecule has 0 saturated heterocycles. The molecule has 7 heteroatoms. The Kier molecular flexibility index (Phi) is 3.62. The van der Waals surface area contributed by atoms with Crippen molar-refractivity contribution in [1.82, 2.24) is 9.78 Å². The smallest absolute Gasteiger partial charge is 0.387 e. The van der Waals surface area contributed by atoms with Gasteiger partial charge in [-0.05, 0) is 6.42 Å². The van der Waals surface area contributed by atoms with Crippen LogP contribution in [-0.2, 0) is 7.05 Å². The summed E-state index contributed by atoms with van der Waals surface area (Å²) >= 11 is 5.67. The summed E-state index contributed by atoms with van der Waals surface area (Å²) in [5.74, 6) is 0. The minimum atomic E-state index is -4.27. The number of aliphatic hydroxyl groups excluding tert-OH is 1. The molecule has 1 N–H and O–H groups in total. The number of hydrogen-bond acceptors (Lipinski definition) is 2. The Morgan fingerprint density at radius 2 is 2.20 bits per heavy atom. The lowest BCUT2D eigenvalue weighted by molar-refractivity contribution is -0.140. The summed E-state index contributed by atoms with van der Waals surface area (Å²) in [7, 11) is 1.51. The molecule has 86 valence electrons. The van der Waals surface area contributed by atoms with E-state index in [-0.39, 0.29) is 10.7 Å². The Balaban J connectivity index is 2.65. The lowest BCUT2D eigenvalue weighted by Gasteiger charge is -2.13. The molecular formula is C8H10ClF3N2O. The summed E-state index contributed by atoms with van der Waals surface area (Å²) in [5, 5.41) is 13.4. The number of rotatable bonds is 3. The molecule has 0 aliphatic rings. The van der Waals surface area contributed by atoms with Crippen molar-refractivity contribution in [2.45, 2.75) is 25.1 Å². The van der Waals surface area contributed by atoms with Crippen molar-refractivity contribution in [2.24, 2.45) is 7.05 Å². The molecule has 0 spiro atoms. The molecule has 0 bridgehead atoms. The summed E-state index contributed by atoms with van der Waals surface area (Å²) in [4.78, 5) is 0. The largest absolute Gasteiger partial charge is 0.389 e. The van der Waals surface area contributed by atoms with Crippen molar-refractivity contribution in [3.63, 3.8) is 0 Å². The van der Waals surface area contributed by atoms with Gasteiger partial charge in [-0.15, -0.1) is 0 Å². The fourth-order valence-electron chi connectivity index (χ4n) is 1.23. The zero-order chi connectivity index (χ0) is 11.6. The van der Waals surface area contributed by atoms with Gasteiger partial charge in [0.05, 0.1) is 23.0 Å². The van der Waals surface area contributed by atoms with E-state index in [4.69, 9.17) is 11.6 Å². The van der Waals surface area contributed by atoms with Gasteiger partial charge in [0.2, 0.25) is 0 Å². The Morgan fingerprint density at radius 3 is 2.60 bits per heavy atom. The van der Waals surface area contributed by atoms with Gasteiger partial charge in [0.15, 0.2) is 0 Å². The second-order valence-electron chi connectivity index (χ2n) is 3.17. The molecular weight excluding hydrogens is 233 g/mol. The van der Waals surface area contributed by atoms with E-state index >= 15 is 0 Å². The Morgan fingerprint density at radius 1 is 1.60 bits per heavy atom. The first-order valence-electron chi connectivity index (χ1n) is 4.23. The zero-order valence-electron chi connectivity index (χ0n) is 7.92. The molecule has 0 fully saturated rings. The van der Waals surface area contributed by atoms with Crippen molar-refractivity contribution >= 4 is 11.6 Å². The molecule has 0 radical (unpaired) electrons. The second-order valence-corrected chi connectivity index (χ2v) is 3.58. The maximum atomic E-state index is 11.9. The standard InChI is InChI=1S/C8H10ClF3N2O/c1-14-7(5(9)4-13-14)6(15)2-3-8(10,11)12/h4,6,15H,2-3H2,1H3. The first kappa shape index (κ1) is 12.3. The number of alkyl halides is 3. The van der Waals surface area contributed by atoms with E-state index < -0.39 is 25.1 Å². The van der Waals surface area contributed by atoms with Crippen molar-refractivity contribution in [1.29, 1.82) is 0 Å². The fraction of sp³-hybridized carbons (Fsp3) is 0.625. The van der Waals surface area contributed by atoms with E-state index in [1.54, 1.807) is 0 Å². The molecule has 15 heavy (non-hydrogen) atoms. The van der Waals surface area contributed by atoms with E-state index in [1.807, 2.05) is 0 Å². The summed E-state index contributed by atoms with van der Waals surface area (Å²) in [5.41, 5.74) is 0.209. The number of aliphatic hydroxyl groups is 1. The lowest BCUT2D eigenvalue weighted by atomic mass is 10.1. The van der Waals surface area contributed by atoms with Gasteiger partial charge in [0, 0.05) is 13.5 Å². The molecule has 1 rings (SSSR count). The first-order chi connectivity index (χ1) is 6.81. The van der Waals surface area contributed by atoms with Crippen LogP contribution in [0, 0.1) is 0 Å². The van der Waals surface area contributed by atoms with Gasteiger partial charge >= 0.3 is 6.18 Å². The van der Waals surface area contributed by atoms with Gasteiger partial charge in [-0.1, -0.05) is 11.6 Å². The summed E-state index contributed by atoms with van der Waals surface area (Å²) in [6.45, 7) is 0. The Bertz CT molecular complexity index is 318. The van der Waals surface area contributed by atoms with Gasteiger partial charge in [0.1, 0.15) is 0 Å². The number of hydrogen-bond donors (Lipinski definition) is 1. The SMILES string of the molecule is Cn1ncc(Cl)c1C(O)CCC(F)(F)F. The lowest BCUT2D eigenvalue weighted by Crippen LogP contribution is -2.12. The van der Waals surface area contributed by atoms with Crippen LogP contribution in [-0.4, -0.2) is 21.1 Å². The Hall–Kier alpha value is -0.750. The zero-order valence-corrected chi connectivity index (χ0v) is 8.68. The number of aryl methyl sites for hydroxylation is 1. The van der Waals surface area contributed by atoms with E-state index in [2.05, 4.69) is 5.10 Å². The number of nitrogens with zero attached hydrogens (tertiary/aromatic N) is 2. The molecule has 1 unspecified atom stereocenters. The summed E-state index contributed by atoms with van der Waals surface area (Å²) in [6.07, 6.45) is -5.69. The molecule has 1 aromatic rings. The van der Waals surface area contributed by atoms with Crippen molar-refractivity contribution < 1.29 is 18.3 Å². The molecule has 1 atom stereocenters. The predicted molar refractivity (Wildman–Crippen MR) is 48.5 cm³/mol. The van der Waals surface area contributed by atoms with Crippen molar-refractivity contribution in [3.05, 3.63) is 16.9 Å². The molecule has 0 aromatic carbocycles. The third kappa shape index (κ3) is 3.39. The van der Waals surface area contributed by atoms with Crippen LogP contribution in [0.4, 0.5) is 13.2 Å². The highest BCUT2D eigenvalue weighted by molar-refractivity contribution is 6.31. The van der Waals surface area contributed by atoms with Crippen LogP contribution in [0.2, 0.25) is 5.02 Å². The van der Waals surface area contributed by atoms with Gasteiger partial charge < -0.3 is 5.11 Å². The van der Waals surface area contributed by atoms with Crippen LogP contribution in [0.1, 0.15) is 24.6 Å². The van der Waals surface area contributed by atoms with E-state index in [1.165, 1.54) is 17.9 Å². The molecule has 1 heterocycles. The average molecular weight is 243 g/mol. The molecule has 0 saturated carbocycles. The molecule has 3 nitrogen and oxygen atoms in total. The number of halogens is 4. The van der Waals surface area contributed by atoms with Gasteiger partial charge in [-0.3, -0.25) is 4.68 Å². The summed E-state index contributed by atoms with van der Waals surface area (Å²) < 4.78 is 36.9. The maximum absolute atomic E-state index is 11.9. The molecule has 0 amide bonds. The predicted octanol–water partition coefficient (Wildman–Crippen LogP) is 2.45. The molecule has 1 aromatic heterocycles. The average Bonchev–Trinajstić information content (AvgIpc) is 2.41. The van der Waals surface area contributed by atoms with E-state index in [0.717, 1.165) is 0 Å². The quantitative estimate of drug-likeness (QED) is 0.884. The van der Waals surface area contributed by atoms with Gasteiger partial charge in [-0.25, -0.2) is 0 Å². The van der Waals surface area contributed by atoms with Crippen molar-refractivity contribution in [3.8, 4) is 0 Å². The highest BCUT2D eigenvalue weighted by Crippen LogP contribution is 2.30. The van der Waals surface area contributed by atoms with Crippen LogP contribution in [0.15, 0.2) is 6.20 Å². The third-order valence-corrected chi connectivity index (χ3v) is 2.25. The molecule has 0 aliphatic heterocycles. The Labute approximate surface area is 89.5 Å². The van der Waals surface area contributed by atoms with Crippen LogP contribution < -0.4 is 0 Å². The normalized spacial score (nSPS) is 14.3. The summed E-state index contributed by atoms with van der Waals surface area (Å²) in [6, 6.07) is 0. The fourth-order valence-corrected chi connectivity index (χ4v) is 1.52. The van der Waals surface area contributed by atoms with Crippen molar-refractivity contribution in [2.75, 3.05) is 0 Å². The highest BCUT2D eigenvalue weighted by atomic mass is 35.5. The monoisotopic (exact) mass is 242 g/mol. The van der Waals surface area contributed by atoms with E-state index in [9.17, 15) is 18.3 Å². The van der Waals surface area contributed by atoms with Crippen LogP contribution >= 0.6 is 11.6 Å². The van der Waals surface area contributed by atoms with E-state index in [0.29, 0.717) is 0 Å². The van der Waals surface area contributed by atoms with Crippen LogP contribution in [0.3, 0.4) is 0 Å². The highest BCUT2D eigenvalue weighted by Gasteiger charge is 2.29. The number of aromatic nitrogens is 2. The minimum absolute atomic E-state index is 0.173. The molecule has 0 aliphatic carbocycles. The third-order valence-electron chi connectivity index (χ3n) is 1.95. The first-order valence-corrected chi connectivity index (χ1v) is 4.61. The van der Waals surface area contributed by atoms with Crippen LogP contribution in [0.25, 0.3) is 0 Å². The minimum Gasteiger partial charge on any atom is -0.387 e. The maximum Gasteiger partial charge on any atom is 0.389 e. The van der Waals surface area contributed by atoms with Crippen LogP contribution in [0.5, 0.6) is 0 Å².